The van der Waals surface area contributed by atoms with Gasteiger partial charge in [-0.1, -0.05) is 0 Å². The molecule has 2 aliphatic heterocycles. The van der Waals surface area contributed by atoms with Crippen LogP contribution in [-0.2, 0) is 4.74 Å². The first-order valence-corrected chi connectivity index (χ1v) is 8.44. The molecular weight excluding hydrogens is 294 g/mol. The molecule has 2 fully saturated rings. The second-order valence-electron chi connectivity index (χ2n) is 6.66. The molecule has 0 saturated carbocycles. The molecule has 2 saturated heterocycles. The molecule has 0 unspecified atom stereocenters. The summed E-state index contributed by atoms with van der Waals surface area (Å²) in [6.07, 6.45) is 3.74. The third-order valence-electron chi connectivity index (χ3n) is 4.84. The van der Waals surface area contributed by atoms with Crippen molar-refractivity contribution < 1.29 is 9.53 Å². The number of amides is 1. The third-order valence-corrected chi connectivity index (χ3v) is 4.84. The molecule has 1 amide bonds. The molecule has 0 spiro atoms. The minimum absolute atomic E-state index is 0.0426. The van der Waals surface area contributed by atoms with Gasteiger partial charge in [-0.2, -0.15) is 5.10 Å². The predicted octanol–water partition coefficient (Wildman–Crippen LogP) is 0.277. The van der Waals surface area contributed by atoms with Gasteiger partial charge in [-0.05, 0) is 33.0 Å². The first-order chi connectivity index (χ1) is 11.1. The van der Waals surface area contributed by atoms with Crippen LogP contribution in [-0.4, -0.2) is 96.4 Å². The van der Waals surface area contributed by atoms with E-state index in [0.29, 0.717) is 11.7 Å². The number of fused-ring (bicyclic) bond motifs is 1. The Kier molecular flexibility index (Phi) is 5.30. The Labute approximate surface area is 137 Å². The van der Waals surface area contributed by atoms with Gasteiger partial charge in [0.15, 0.2) is 0 Å². The molecule has 0 bridgehead atoms. The van der Waals surface area contributed by atoms with Crippen molar-refractivity contribution in [1.29, 1.82) is 0 Å². The summed E-state index contributed by atoms with van der Waals surface area (Å²) in [5, 5.41) is 6.65. The van der Waals surface area contributed by atoms with Crippen molar-refractivity contribution in [3.8, 4) is 0 Å². The summed E-state index contributed by atoms with van der Waals surface area (Å²) in [7, 11) is 4.21. The van der Waals surface area contributed by atoms with Crippen molar-refractivity contribution in [1.82, 2.24) is 24.9 Å². The number of carbonyl (C=O) groups excluding carboxylic acids is 1. The quantitative estimate of drug-likeness (QED) is 0.863. The van der Waals surface area contributed by atoms with E-state index in [1.165, 1.54) is 0 Å². The minimum atomic E-state index is 0.0426. The third kappa shape index (κ3) is 3.91. The molecule has 1 N–H and O–H groups in total. The first-order valence-electron chi connectivity index (χ1n) is 8.44. The number of hydrogen-bond acceptors (Lipinski definition) is 5. The monoisotopic (exact) mass is 321 g/mol. The Balaban J connectivity index is 1.63. The number of nitrogens with one attached hydrogen (secondary N) is 1. The number of ether oxygens (including phenoxy) is 1. The second kappa shape index (κ2) is 7.42. The maximum Gasteiger partial charge on any atom is 0.271 e. The van der Waals surface area contributed by atoms with Crippen molar-refractivity contribution in [3.63, 3.8) is 0 Å². The summed E-state index contributed by atoms with van der Waals surface area (Å²) in [5.41, 5.74) is 0.570. The van der Waals surface area contributed by atoms with E-state index < -0.39 is 0 Å². The van der Waals surface area contributed by atoms with E-state index in [2.05, 4.69) is 34.1 Å². The highest BCUT2D eigenvalue weighted by molar-refractivity contribution is 5.92. The van der Waals surface area contributed by atoms with Crippen LogP contribution in [0.1, 0.15) is 23.3 Å². The number of H-pyrrole nitrogens is 1. The lowest BCUT2D eigenvalue weighted by atomic mass is 10.0. The summed E-state index contributed by atoms with van der Waals surface area (Å²) in [5.74, 6) is 0.0426. The molecule has 2 aliphatic rings. The van der Waals surface area contributed by atoms with E-state index in [1.807, 2.05) is 4.90 Å². The van der Waals surface area contributed by atoms with Crippen LogP contribution < -0.4 is 0 Å². The van der Waals surface area contributed by atoms with E-state index in [1.54, 1.807) is 12.3 Å². The highest BCUT2D eigenvalue weighted by atomic mass is 16.5. The maximum absolute atomic E-state index is 12.5. The van der Waals surface area contributed by atoms with Gasteiger partial charge in [0, 0.05) is 45.0 Å². The van der Waals surface area contributed by atoms with Crippen LogP contribution in [0, 0.1) is 0 Å². The maximum atomic E-state index is 12.5. The molecule has 0 aliphatic carbocycles. The van der Waals surface area contributed by atoms with Crippen molar-refractivity contribution >= 4 is 5.91 Å². The topological polar surface area (TPSA) is 64.7 Å². The number of likely N-dealkylation sites (N-methyl/N-ethyl adjacent to an activating group) is 1. The Morgan fingerprint density at radius 2 is 2.22 bits per heavy atom. The fraction of sp³-hybridized carbons (Fsp3) is 0.750. The number of aromatic amines is 1. The van der Waals surface area contributed by atoms with E-state index in [9.17, 15) is 4.79 Å². The second-order valence-corrected chi connectivity index (χ2v) is 6.66. The number of carbonyl (C=O) groups is 1. The molecule has 128 valence electrons. The molecule has 3 heterocycles. The zero-order valence-electron chi connectivity index (χ0n) is 14.1. The smallest absolute Gasteiger partial charge is 0.271 e. The summed E-state index contributed by atoms with van der Waals surface area (Å²) < 4.78 is 6.00. The number of aromatic nitrogens is 2. The first kappa shape index (κ1) is 16.4. The zero-order valence-corrected chi connectivity index (χ0v) is 14.1. The summed E-state index contributed by atoms with van der Waals surface area (Å²) in [6, 6.07) is 2.16. The average Bonchev–Trinajstić information content (AvgIpc) is 2.99. The van der Waals surface area contributed by atoms with Gasteiger partial charge in [0.05, 0.1) is 12.7 Å². The zero-order chi connectivity index (χ0) is 16.2. The molecule has 0 radical (unpaired) electrons. The molecule has 3 rings (SSSR count). The predicted molar refractivity (Wildman–Crippen MR) is 87.4 cm³/mol. The highest BCUT2D eigenvalue weighted by Crippen LogP contribution is 2.24. The van der Waals surface area contributed by atoms with Gasteiger partial charge in [-0.3, -0.25) is 14.8 Å². The van der Waals surface area contributed by atoms with Crippen LogP contribution in [0.25, 0.3) is 0 Å². The standard InChI is InChI=1S/C16H27N5O2/c1-19(2)9-10-20-11-12-23-15-5-8-21(7-4-14(15)20)16(22)13-3-6-17-18-13/h3,6,14-15H,4-5,7-12H2,1-2H3,(H,17,18)/t14-,15-/m1/s1. The SMILES string of the molecule is CN(C)CCN1CCO[C@@H]2CCN(C(=O)c3ccn[nH]3)CC[C@H]21. The highest BCUT2D eigenvalue weighted by Gasteiger charge is 2.35. The van der Waals surface area contributed by atoms with Gasteiger partial charge in [-0.25, -0.2) is 0 Å². The van der Waals surface area contributed by atoms with Crippen molar-refractivity contribution in [2.24, 2.45) is 0 Å². The summed E-state index contributed by atoms with van der Waals surface area (Å²) >= 11 is 0. The van der Waals surface area contributed by atoms with Crippen LogP contribution in [0.15, 0.2) is 12.3 Å². The molecule has 1 aromatic heterocycles. The fourth-order valence-electron chi connectivity index (χ4n) is 3.52. The van der Waals surface area contributed by atoms with Gasteiger partial charge < -0.3 is 14.5 Å². The van der Waals surface area contributed by atoms with Crippen LogP contribution >= 0.6 is 0 Å². The Bertz CT molecular complexity index is 505. The lowest BCUT2D eigenvalue weighted by Crippen LogP contribution is -2.52. The minimum Gasteiger partial charge on any atom is -0.375 e. The largest absolute Gasteiger partial charge is 0.375 e. The Morgan fingerprint density at radius 3 is 2.96 bits per heavy atom. The molecule has 1 aromatic rings. The van der Waals surface area contributed by atoms with Crippen LogP contribution in [0.3, 0.4) is 0 Å². The summed E-state index contributed by atoms with van der Waals surface area (Å²) in [4.78, 5) is 19.2. The lowest BCUT2D eigenvalue weighted by molar-refractivity contribution is -0.0724. The Morgan fingerprint density at radius 1 is 1.39 bits per heavy atom. The number of likely N-dealkylation sites (tertiary alicyclic amines) is 1. The van der Waals surface area contributed by atoms with Gasteiger partial charge in [-0.15, -0.1) is 0 Å². The molecular formula is C16H27N5O2. The van der Waals surface area contributed by atoms with Crippen molar-refractivity contribution in [2.75, 3.05) is 53.4 Å². The fourth-order valence-corrected chi connectivity index (χ4v) is 3.52. The van der Waals surface area contributed by atoms with Gasteiger partial charge in [0.1, 0.15) is 5.69 Å². The van der Waals surface area contributed by atoms with E-state index in [-0.39, 0.29) is 12.0 Å². The Hall–Kier alpha value is -1.44. The molecule has 7 heteroatoms. The van der Waals surface area contributed by atoms with E-state index in [4.69, 9.17) is 4.74 Å². The number of nitrogens with zero attached hydrogens (tertiary/aromatic N) is 4. The van der Waals surface area contributed by atoms with E-state index in [0.717, 1.165) is 52.2 Å². The van der Waals surface area contributed by atoms with Crippen LogP contribution in [0.2, 0.25) is 0 Å². The molecule has 0 aromatic carbocycles. The number of hydrogen-bond donors (Lipinski definition) is 1. The van der Waals surface area contributed by atoms with Crippen LogP contribution in [0.5, 0.6) is 0 Å². The van der Waals surface area contributed by atoms with Gasteiger partial charge >= 0.3 is 0 Å². The lowest BCUT2D eigenvalue weighted by Gasteiger charge is -2.40. The molecule has 7 nitrogen and oxygen atoms in total. The van der Waals surface area contributed by atoms with Crippen molar-refractivity contribution in [3.05, 3.63) is 18.0 Å². The molecule has 23 heavy (non-hydrogen) atoms. The van der Waals surface area contributed by atoms with Crippen molar-refractivity contribution in [2.45, 2.75) is 25.0 Å². The number of rotatable bonds is 4. The normalized spacial score (nSPS) is 26.1. The molecule has 2 atom stereocenters. The van der Waals surface area contributed by atoms with Gasteiger partial charge in [0.2, 0.25) is 0 Å². The van der Waals surface area contributed by atoms with Crippen LogP contribution in [0.4, 0.5) is 0 Å². The van der Waals surface area contributed by atoms with E-state index >= 15 is 0 Å². The number of morpholine rings is 1. The average molecular weight is 321 g/mol. The summed E-state index contributed by atoms with van der Waals surface area (Å²) in [6.45, 7) is 5.43. The van der Waals surface area contributed by atoms with Gasteiger partial charge in [0.25, 0.3) is 5.91 Å².